The lowest BCUT2D eigenvalue weighted by Crippen LogP contribution is -2.08. The highest BCUT2D eigenvalue weighted by molar-refractivity contribution is 5.64. The Labute approximate surface area is 157 Å². The maximum absolute atomic E-state index is 14.5. The summed E-state index contributed by atoms with van der Waals surface area (Å²) >= 11 is 0. The minimum Gasteiger partial charge on any atom is -0.358 e. The highest BCUT2D eigenvalue weighted by atomic mass is 19.1. The van der Waals surface area contributed by atoms with Crippen molar-refractivity contribution in [2.75, 3.05) is 0 Å². The van der Waals surface area contributed by atoms with Crippen molar-refractivity contribution in [3.63, 3.8) is 0 Å². The van der Waals surface area contributed by atoms with Crippen molar-refractivity contribution in [2.24, 2.45) is 0 Å². The minimum atomic E-state index is -0.548. The van der Waals surface area contributed by atoms with Gasteiger partial charge in [-0.1, -0.05) is 58.0 Å². The Kier molecular flexibility index (Phi) is 5.08. The summed E-state index contributed by atoms with van der Waals surface area (Å²) in [6.07, 6.45) is 1.38. The van der Waals surface area contributed by atoms with Gasteiger partial charge in [0.15, 0.2) is 0 Å². The van der Waals surface area contributed by atoms with E-state index in [-0.39, 0.29) is 29.0 Å². The third-order valence-corrected chi connectivity index (χ3v) is 4.58. The zero-order chi connectivity index (χ0) is 19.7. The summed E-state index contributed by atoms with van der Waals surface area (Å²) in [5, 5.41) is 11.4. The Morgan fingerprint density at radius 3 is 2.11 bits per heavy atom. The van der Waals surface area contributed by atoms with Gasteiger partial charge in [-0.3, -0.25) is 4.57 Å². The number of nitro groups is 1. The molecule has 1 heterocycles. The topological polar surface area (TPSA) is 61.0 Å². The molecular formula is C21H22FN3O2. The molecule has 5 nitrogen and oxygen atoms in total. The molecule has 0 unspecified atom stereocenters. The highest BCUT2D eigenvalue weighted by Gasteiger charge is 2.27. The fourth-order valence-electron chi connectivity index (χ4n) is 3.25. The molecular weight excluding hydrogens is 345 g/mol. The van der Waals surface area contributed by atoms with Gasteiger partial charge in [0.05, 0.1) is 11.3 Å². The molecule has 1 aromatic heterocycles. The summed E-state index contributed by atoms with van der Waals surface area (Å²) < 4.78 is 16.1. The average molecular weight is 367 g/mol. The lowest BCUT2D eigenvalue weighted by atomic mass is 9.92. The van der Waals surface area contributed by atoms with Crippen LogP contribution in [-0.4, -0.2) is 14.5 Å². The fourth-order valence-corrected chi connectivity index (χ4v) is 3.25. The molecule has 6 heteroatoms. The second kappa shape index (κ2) is 7.31. The van der Waals surface area contributed by atoms with Crippen molar-refractivity contribution in [3.8, 4) is 17.1 Å². The zero-order valence-corrected chi connectivity index (χ0v) is 15.8. The van der Waals surface area contributed by atoms with Gasteiger partial charge in [0, 0.05) is 0 Å². The van der Waals surface area contributed by atoms with Gasteiger partial charge in [-0.25, -0.2) is 4.39 Å². The monoisotopic (exact) mass is 367 g/mol. The van der Waals surface area contributed by atoms with E-state index in [0.717, 1.165) is 16.8 Å². The summed E-state index contributed by atoms with van der Waals surface area (Å²) in [4.78, 5) is 15.0. The minimum absolute atomic E-state index is 0.189. The van der Waals surface area contributed by atoms with Crippen LogP contribution in [0.2, 0.25) is 0 Å². The van der Waals surface area contributed by atoms with Crippen molar-refractivity contribution >= 4 is 5.82 Å². The first-order valence-electron chi connectivity index (χ1n) is 8.93. The molecule has 0 saturated heterocycles. The van der Waals surface area contributed by atoms with E-state index in [1.54, 1.807) is 22.8 Å². The van der Waals surface area contributed by atoms with E-state index in [1.807, 2.05) is 18.2 Å². The molecule has 0 aliphatic heterocycles. The Balaban J connectivity index is 2.39. The van der Waals surface area contributed by atoms with Gasteiger partial charge in [0.25, 0.3) is 5.82 Å². The molecule has 3 rings (SSSR count). The van der Waals surface area contributed by atoms with E-state index in [9.17, 15) is 14.5 Å². The van der Waals surface area contributed by atoms with E-state index in [2.05, 4.69) is 32.7 Å². The van der Waals surface area contributed by atoms with Crippen LogP contribution in [0.25, 0.3) is 17.1 Å². The van der Waals surface area contributed by atoms with Crippen molar-refractivity contribution in [1.82, 2.24) is 9.55 Å². The number of benzene rings is 2. The van der Waals surface area contributed by atoms with Crippen LogP contribution in [0.3, 0.4) is 0 Å². The molecule has 2 aromatic carbocycles. The summed E-state index contributed by atoms with van der Waals surface area (Å²) in [5.74, 6) is -0.161. The van der Waals surface area contributed by atoms with Crippen LogP contribution in [-0.2, 0) is 0 Å². The third-order valence-electron chi connectivity index (χ3n) is 4.58. The van der Waals surface area contributed by atoms with Gasteiger partial charge < -0.3 is 10.1 Å². The van der Waals surface area contributed by atoms with Crippen LogP contribution in [0.5, 0.6) is 0 Å². The summed E-state index contributed by atoms with van der Waals surface area (Å²) in [5.41, 5.74) is 3.14. The fraction of sp³-hybridized carbons (Fsp3) is 0.286. The van der Waals surface area contributed by atoms with E-state index in [0.29, 0.717) is 0 Å². The van der Waals surface area contributed by atoms with E-state index >= 15 is 0 Å². The number of aromatic nitrogens is 2. The molecule has 0 aliphatic rings. The van der Waals surface area contributed by atoms with Crippen LogP contribution in [0.1, 0.15) is 50.7 Å². The first-order valence-corrected chi connectivity index (χ1v) is 8.93. The molecule has 0 spiro atoms. The number of halogens is 1. The van der Waals surface area contributed by atoms with Crippen molar-refractivity contribution in [2.45, 2.75) is 39.5 Å². The van der Waals surface area contributed by atoms with Crippen molar-refractivity contribution in [1.29, 1.82) is 0 Å². The predicted molar refractivity (Wildman–Crippen MR) is 104 cm³/mol. The first-order chi connectivity index (χ1) is 12.8. The van der Waals surface area contributed by atoms with Gasteiger partial charge in [0.2, 0.25) is 0 Å². The number of hydrogen-bond acceptors (Lipinski definition) is 3. The Morgan fingerprint density at radius 2 is 1.59 bits per heavy atom. The molecule has 0 bridgehead atoms. The standard InChI is InChI=1S/C21H22FN3O2/c1-13(2)15-9-7-10-16(14(3)4)20(15)24-12-19(25(26)27)23-21(24)17-8-5-6-11-18(17)22/h5-14H,1-4H3. The van der Waals surface area contributed by atoms with Crippen LogP contribution in [0.15, 0.2) is 48.7 Å². The largest absolute Gasteiger partial charge is 0.382 e. The molecule has 0 aliphatic carbocycles. The lowest BCUT2D eigenvalue weighted by molar-refractivity contribution is -0.389. The van der Waals surface area contributed by atoms with Crippen molar-refractivity contribution in [3.05, 3.63) is 75.7 Å². The Morgan fingerprint density at radius 1 is 1.00 bits per heavy atom. The number of imidazole rings is 1. The first kappa shape index (κ1) is 18.8. The Hall–Kier alpha value is -3.02. The third kappa shape index (κ3) is 3.47. The summed E-state index contributed by atoms with van der Waals surface area (Å²) in [7, 11) is 0. The predicted octanol–water partition coefficient (Wildman–Crippen LogP) is 5.83. The SMILES string of the molecule is CC(C)c1cccc(C(C)C)c1-n1cc([N+](=O)[O-])nc1-c1ccccc1F. The molecule has 0 fully saturated rings. The van der Waals surface area contributed by atoms with Crippen molar-refractivity contribution < 1.29 is 9.31 Å². The van der Waals surface area contributed by atoms with E-state index < -0.39 is 10.7 Å². The zero-order valence-electron chi connectivity index (χ0n) is 15.8. The van der Waals surface area contributed by atoms with Crippen LogP contribution < -0.4 is 0 Å². The molecule has 140 valence electrons. The molecule has 0 N–H and O–H groups in total. The van der Waals surface area contributed by atoms with Gasteiger partial charge in [0.1, 0.15) is 12.0 Å². The quantitative estimate of drug-likeness (QED) is 0.421. The van der Waals surface area contributed by atoms with Gasteiger partial charge in [-0.2, -0.15) is 0 Å². The molecule has 3 aromatic rings. The second-order valence-electron chi connectivity index (χ2n) is 7.12. The molecule has 0 amide bonds. The van der Waals surface area contributed by atoms with Crippen LogP contribution >= 0.6 is 0 Å². The number of rotatable bonds is 5. The maximum Gasteiger partial charge on any atom is 0.382 e. The summed E-state index contributed by atoms with van der Waals surface area (Å²) in [6.45, 7) is 8.27. The van der Waals surface area contributed by atoms with Gasteiger partial charge in [-0.15, -0.1) is 0 Å². The Bertz CT molecular complexity index is 967. The summed E-state index contributed by atoms with van der Waals surface area (Å²) in [6, 6.07) is 12.2. The molecule has 0 atom stereocenters. The second-order valence-corrected chi connectivity index (χ2v) is 7.12. The maximum atomic E-state index is 14.5. The van der Waals surface area contributed by atoms with Gasteiger partial charge in [-0.05, 0) is 45.0 Å². The normalized spacial score (nSPS) is 11.4. The average Bonchev–Trinajstić information content (AvgIpc) is 3.06. The molecule has 27 heavy (non-hydrogen) atoms. The van der Waals surface area contributed by atoms with E-state index in [1.165, 1.54) is 12.3 Å². The van der Waals surface area contributed by atoms with Crippen LogP contribution in [0, 0.1) is 15.9 Å². The highest BCUT2D eigenvalue weighted by Crippen LogP contribution is 2.35. The smallest absolute Gasteiger partial charge is 0.358 e. The number of nitrogens with zero attached hydrogens (tertiary/aromatic N) is 3. The van der Waals surface area contributed by atoms with Crippen LogP contribution in [0.4, 0.5) is 10.2 Å². The lowest BCUT2D eigenvalue weighted by Gasteiger charge is -2.20. The molecule has 0 radical (unpaired) electrons. The number of hydrogen-bond donors (Lipinski definition) is 0. The number of para-hydroxylation sites is 1. The van der Waals surface area contributed by atoms with Gasteiger partial charge >= 0.3 is 5.82 Å². The van der Waals surface area contributed by atoms with E-state index in [4.69, 9.17) is 0 Å². The molecule has 0 saturated carbocycles.